The monoisotopic (exact) mass is 413 g/mol. The second-order valence-electron chi connectivity index (χ2n) is 7.44. The summed E-state index contributed by atoms with van der Waals surface area (Å²) in [7, 11) is 1.81. The van der Waals surface area contributed by atoms with Crippen molar-refractivity contribution in [1.29, 1.82) is 0 Å². The molecular formula is C26H24FN3O. The lowest BCUT2D eigenvalue weighted by Crippen LogP contribution is -2.27. The number of nitrogens with zero attached hydrogens (tertiary/aromatic N) is 2. The zero-order valence-electron chi connectivity index (χ0n) is 17.3. The fourth-order valence-corrected chi connectivity index (χ4v) is 3.36. The number of likely N-dealkylation sites (N-methyl/N-ethyl adjacent to an activating group) is 1. The Labute approximate surface area is 181 Å². The summed E-state index contributed by atoms with van der Waals surface area (Å²) in [6.45, 7) is 0.951. The molecule has 1 heterocycles. The number of fused-ring (bicyclic) bond motifs is 1. The smallest absolute Gasteiger partial charge is 0.130 e. The number of aromatic nitrogens is 1. The zero-order chi connectivity index (χ0) is 21.6. The lowest BCUT2D eigenvalue weighted by atomic mass is 10.0. The first-order valence-electron chi connectivity index (χ1n) is 10.1. The number of pyridine rings is 1. The molecule has 0 aliphatic carbocycles. The molecule has 0 fully saturated rings. The molecule has 0 saturated heterocycles. The van der Waals surface area contributed by atoms with Gasteiger partial charge in [0.15, 0.2) is 0 Å². The summed E-state index contributed by atoms with van der Waals surface area (Å²) in [5, 5.41) is 2.73. The molecule has 0 bridgehead atoms. The van der Waals surface area contributed by atoms with Crippen molar-refractivity contribution in [1.82, 2.24) is 9.99 Å². The first kappa shape index (κ1) is 20.7. The molecule has 0 amide bonds. The number of rotatable bonds is 7. The fraction of sp³-hybridized carbons (Fsp3) is 0.115. The van der Waals surface area contributed by atoms with Gasteiger partial charge in [-0.3, -0.25) is 5.84 Å². The molecule has 0 atom stereocenters. The number of hydrazine groups is 1. The average molecular weight is 413 g/mol. The van der Waals surface area contributed by atoms with Crippen molar-refractivity contribution in [2.45, 2.75) is 6.61 Å². The maximum Gasteiger partial charge on any atom is 0.130 e. The molecule has 0 spiro atoms. The summed E-state index contributed by atoms with van der Waals surface area (Å²) in [5.74, 6) is 6.40. The van der Waals surface area contributed by atoms with Crippen molar-refractivity contribution in [2.24, 2.45) is 5.84 Å². The minimum absolute atomic E-state index is 0.253. The van der Waals surface area contributed by atoms with E-state index in [1.165, 1.54) is 12.1 Å². The Kier molecular flexibility index (Phi) is 6.36. The molecule has 2 N–H and O–H groups in total. The quantitative estimate of drug-likeness (QED) is 0.254. The highest BCUT2D eigenvalue weighted by Gasteiger charge is 2.06. The van der Waals surface area contributed by atoms with Gasteiger partial charge in [0.25, 0.3) is 0 Å². The molecule has 5 heteroatoms. The van der Waals surface area contributed by atoms with E-state index in [2.05, 4.69) is 11.1 Å². The Morgan fingerprint density at radius 3 is 2.45 bits per heavy atom. The van der Waals surface area contributed by atoms with Crippen LogP contribution in [0.5, 0.6) is 5.75 Å². The number of nitrogens with two attached hydrogens (primary N) is 1. The van der Waals surface area contributed by atoms with Gasteiger partial charge in [0.1, 0.15) is 18.2 Å². The van der Waals surface area contributed by atoms with Gasteiger partial charge in [0.05, 0.1) is 11.2 Å². The third-order valence-corrected chi connectivity index (χ3v) is 4.90. The maximum atomic E-state index is 13.2. The van der Waals surface area contributed by atoms with E-state index in [4.69, 9.17) is 10.6 Å². The van der Waals surface area contributed by atoms with E-state index in [0.29, 0.717) is 13.2 Å². The molecule has 1 aromatic heterocycles. The molecule has 0 aliphatic rings. The minimum atomic E-state index is -0.253. The van der Waals surface area contributed by atoms with E-state index >= 15 is 0 Å². The van der Waals surface area contributed by atoms with Crippen LogP contribution >= 0.6 is 0 Å². The van der Waals surface area contributed by atoms with E-state index in [1.54, 1.807) is 17.1 Å². The predicted molar refractivity (Wildman–Crippen MR) is 124 cm³/mol. The van der Waals surface area contributed by atoms with Gasteiger partial charge in [-0.2, -0.15) is 0 Å². The third-order valence-electron chi connectivity index (χ3n) is 4.90. The minimum Gasteiger partial charge on any atom is -0.487 e. The molecule has 3 aromatic carbocycles. The van der Waals surface area contributed by atoms with Gasteiger partial charge >= 0.3 is 0 Å². The molecule has 4 rings (SSSR count). The van der Waals surface area contributed by atoms with Gasteiger partial charge in [0, 0.05) is 19.0 Å². The summed E-state index contributed by atoms with van der Waals surface area (Å²) in [6, 6.07) is 26.3. The maximum absolute atomic E-state index is 13.2. The van der Waals surface area contributed by atoms with Crippen molar-refractivity contribution in [3.8, 4) is 5.75 Å². The van der Waals surface area contributed by atoms with Crippen molar-refractivity contribution < 1.29 is 9.13 Å². The van der Waals surface area contributed by atoms with Crippen molar-refractivity contribution in [2.75, 3.05) is 13.6 Å². The molecule has 0 unspecified atom stereocenters. The predicted octanol–water partition coefficient (Wildman–Crippen LogP) is 5.30. The lowest BCUT2D eigenvalue weighted by molar-refractivity contribution is 0.302. The second kappa shape index (κ2) is 9.51. The third kappa shape index (κ3) is 5.54. The first-order valence-corrected chi connectivity index (χ1v) is 10.1. The highest BCUT2D eigenvalue weighted by atomic mass is 19.1. The van der Waals surface area contributed by atoms with Gasteiger partial charge in [-0.1, -0.05) is 48.5 Å². The van der Waals surface area contributed by atoms with E-state index in [-0.39, 0.29) is 5.82 Å². The van der Waals surface area contributed by atoms with Gasteiger partial charge in [-0.25, -0.2) is 14.4 Å². The van der Waals surface area contributed by atoms with Gasteiger partial charge in [0.2, 0.25) is 0 Å². The molecule has 0 aliphatic heterocycles. The van der Waals surface area contributed by atoms with E-state index in [0.717, 1.165) is 39.0 Å². The summed E-state index contributed by atoms with van der Waals surface area (Å²) in [4.78, 5) is 4.64. The number of hydrogen-bond donors (Lipinski definition) is 1. The van der Waals surface area contributed by atoms with Crippen molar-refractivity contribution in [3.63, 3.8) is 0 Å². The number of ether oxygens (including phenoxy) is 1. The molecular weight excluding hydrogens is 389 g/mol. The van der Waals surface area contributed by atoms with Crippen LogP contribution in [0, 0.1) is 5.82 Å². The van der Waals surface area contributed by atoms with Crippen LogP contribution in [0.15, 0.2) is 84.9 Å². The average Bonchev–Trinajstić information content (AvgIpc) is 2.78. The number of hydrogen-bond acceptors (Lipinski definition) is 4. The van der Waals surface area contributed by atoms with E-state index in [9.17, 15) is 4.39 Å². The highest BCUT2D eigenvalue weighted by Crippen LogP contribution is 2.23. The molecule has 4 aromatic rings. The van der Waals surface area contributed by atoms with Crippen LogP contribution in [0.4, 0.5) is 4.39 Å². The SMILES string of the molecule is CN(N)C/C(=C/c1ccc(F)cc1)c1ccc(OCc2ccc3ccccc3n2)cc1. The van der Waals surface area contributed by atoms with Crippen LogP contribution < -0.4 is 10.6 Å². The molecule has 0 radical (unpaired) electrons. The molecule has 31 heavy (non-hydrogen) atoms. The zero-order valence-corrected chi connectivity index (χ0v) is 17.3. The number of halogens is 1. The normalized spacial score (nSPS) is 11.8. The highest BCUT2D eigenvalue weighted by molar-refractivity contribution is 5.82. The van der Waals surface area contributed by atoms with Crippen molar-refractivity contribution in [3.05, 3.63) is 108 Å². The summed E-state index contributed by atoms with van der Waals surface area (Å²) >= 11 is 0. The van der Waals surface area contributed by atoms with Crippen LogP contribution in [-0.4, -0.2) is 23.6 Å². The Hall–Kier alpha value is -3.54. The topological polar surface area (TPSA) is 51.4 Å². The summed E-state index contributed by atoms with van der Waals surface area (Å²) in [5.41, 5.74) is 4.81. The van der Waals surface area contributed by atoms with Crippen LogP contribution in [0.1, 0.15) is 16.8 Å². The molecule has 0 saturated carbocycles. The van der Waals surface area contributed by atoms with Crippen molar-refractivity contribution >= 4 is 22.6 Å². The van der Waals surface area contributed by atoms with Gasteiger partial charge in [-0.15, -0.1) is 0 Å². The first-order chi connectivity index (χ1) is 15.1. The Morgan fingerprint density at radius 2 is 1.71 bits per heavy atom. The van der Waals surface area contributed by atoms with Crippen LogP contribution in [0.25, 0.3) is 22.6 Å². The largest absolute Gasteiger partial charge is 0.487 e. The van der Waals surface area contributed by atoms with Crippen LogP contribution in [-0.2, 0) is 6.61 Å². The summed E-state index contributed by atoms with van der Waals surface area (Å²) < 4.78 is 19.1. The second-order valence-corrected chi connectivity index (χ2v) is 7.44. The lowest BCUT2D eigenvalue weighted by Gasteiger charge is -2.15. The van der Waals surface area contributed by atoms with Gasteiger partial charge in [-0.05, 0) is 59.2 Å². The molecule has 4 nitrogen and oxygen atoms in total. The fourth-order valence-electron chi connectivity index (χ4n) is 3.36. The number of para-hydroxylation sites is 1. The van der Waals surface area contributed by atoms with E-state index in [1.807, 2.05) is 67.7 Å². The Morgan fingerprint density at radius 1 is 0.968 bits per heavy atom. The Bertz CT molecular complexity index is 1190. The van der Waals surface area contributed by atoms with Gasteiger partial charge < -0.3 is 4.74 Å². The number of benzene rings is 3. The van der Waals surface area contributed by atoms with E-state index < -0.39 is 0 Å². The molecule has 156 valence electrons. The standard InChI is InChI=1S/C26H24FN3O/c1-30(28)17-22(16-19-6-11-23(27)12-7-19)20-9-14-25(15-10-20)31-18-24-13-8-21-4-2-3-5-26(21)29-24/h2-16H,17-18,28H2,1H3/b22-16-. The van der Waals surface area contributed by atoms with Crippen LogP contribution in [0.2, 0.25) is 0 Å². The van der Waals surface area contributed by atoms with Crippen LogP contribution in [0.3, 0.4) is 0 Å². The summed E-state index contributed by atoms with van der Waals surface area (Å²) in [6.07, 6.45) is 2.01. The Balaban J connectivity index is 1.48.